The van der Waals surface area contributed by atoms with Crippen molar-refractivity contribution < 1.29 is 4.74 Å². The molecule has 0 saturated heterocycles. The van der Waals surface area contributed by atoms with Gasteiger partial charge in [0, 0.05) is 12.7 Å². The summed E-state index contributed by atoms with van der Waals surface area (Å²) in [6.45, 7) is 12.6. The lowest BCUT2D eigenvalue weighted by Gasteiger charge is -2.19. The average molecular weight is 496 g/mol. The quantitative estimate of drug-likeness (QED) is 0.312. The van der Waals surface area contributed by atoms with E-state index in [1.54, 1.807) is 0 Å². The lowest BCUT2D eigenvalue weighted by molar-refractivity contribution is 0.271. The fraction of sp³-hybridized carbons (Fsp3) is 0.455. The molecule has 2 aromatic rings. The highest BCUT2D eigenvalue weighted by atomic mass is 127. The number of halogens is 1. The zero-order valence-electron chi connectivity index (χ0n) is 17.5. The first-order chi connectivity index (χ1) is 13.0. The number of ether oxygens (including phenoxy) is 1. The minimum absolute atomic E-state index is 0. The van der Waals surface area contributed by atoms with Gasteiger partial charge in [-0.1, -0.05) is 32.0 Å². The number of aryl methyl sites for hydroxylation is 1. The number of nitrogens with one attached hydrogen (secondary N) is 2. The van der Waals surface area contributed by atoms with E-state index in [9.17, 15) is 0 Å². The van der Waals surface area contributed by atoms with Crippen LogP contribution in [0.4, 0.5) is 0 Å². The molecule has 154 valence electrons. The maximum atomic E-state index is 5.76. The molecule has 0 bridgehead atoms. The Bertz CT molecular complexity index is 732. The monoisotopic (exact) mass is 496 g/mol. The molecule has 28 heavy (non-hydrogen) atoms. The molecule has 1 atom stereocenters. The van der Waals surface area contributed by atoms with Gasteiger partial charge in [-0.2, -0.15) is 0 Å². The van der Waals surface area contributed by atoms with Crippen molar-refractivity contribution in [1.82, 2.24) is 15.6 Å². The van der Waals surface area contributed by atoms with Crippen molar-refractivity contribution in [3.05, 3.63) is 59.4 Å². The van der Waals surface area contributed by atoms with E-state index in [4.69, 9.17) is 4.74 Å². The lowest BCUT2D eigenvalue weighted by Crippen LogP contribution is -2.38. The Labute approximate surface area is 186 Å². The first-order valence-electron chi connectivity index (χ1n) is 9.67. The second-order valence-electron chi connectivity index (χ2n) is 7.10. The van der Waals surface area contributed by atoms with Crippen molar-refractivity contribution in [3.8, 4) is 5.75 Å². The van der Waals surface area contributed by atoms with Gasteiger partial charge >= 0.3 is 0 Å². The van der Waals surface area contributed by atoms with Crippen LogP contribution in [0.15, 0.2) is 47.6 Å². The van der Waals surface area contributed by atoms with Crippen molar-refractivity contribution in [2.75, 3.05) is 13.2 Å². The molecule has 0 aliphatic heterocycles. The number of rotatable bonds is 8. The Hall–Kier alpha value is -1.83. The van der Waals surface area contributed by atoms with Crippen LogP contribution < -0.4 is 15.4 Å². The van der Waals surface area contributed by atoms with E-state index in [2.05, 4.69) is 73.4 Å². The third kappa shape index (κ3) is 8.04. The topological polar surface area (TPSA) is 58.5 Å². The number of benzene rings is 1. The highest BCUT2D eigenvalue weighted by Gasteiger charge is 2.09. The fourth-order valence-corrected chi connectivity index (χ4v) is 2.56. The van der Waals surface area contributed by atoms with Crippen LogP contribution >= 0.6 is 24.0 Å². The molecule has 5 nitrogen and oxygen atoms in total. The van der Waals surface area contributed by atoms with Gasteiger partial charge in [0.05, 0.1) is 24.9 Å². The molecule has 1 aromatic carbocycles. The predicted octanol–water partition coefficient (Wildman–Crippen LogP) is 4.86. The van der Waals surface area contributed by atoms with Crippen molar-refractivity contribution in [1.29, 1.82) is 0 Å². The number of pyridine rings is 1. The summed E-state index contributed by atoms with van der Waals surface area (Å²) < 4.78 is 5.76. The van der Waals surface area contributed by atoms with Crippen molar-refractivity contribution >= 4 is 29.9 Å². The third-order valence-electron chi connectivity index (χ3n) is 4.17. The molecule has 1 aromatic heterocycles. The largest absolute Gasteiger partial charge is 0.493 e. The number of hydrogen-bond donors (Lipinski definition) is 2. The summed E-state index contributed by atoms with van der Waals surface area (Å²) in [6, 6.07) is 12.4. The van der Waals surface area contributed by atoms with Crippen LogP contribution in [-0.4, -0.2) is 24.1 Å². The van der Waals surface area contributed by atoms with Gasteiger partial charge in [-0.3, -0.25) is 4.98 Å². The van der Waals surface area contributed by atoms with E-state index in [1.807, 2.05) is 24.4 Å². The molecule has 0 spiro atoms. The molecule has 0 fully saturated rings. The Morgan fingerprint density at radius 2 is 1.86 bits per heavy atom. The molecule has 0 saturated carbocycles. The van der Waals surface area contributed by atoms with Crippen molar-refractivity contribution in [2.45, 2.75) is 47.2 Å². The summed E-state index contributed by atoms with van der Waals surface area (Å²) in [7, 11) is 0. The van der Waals surface area contributed by atoms with Crippen LogP contribution in [-0.2, 0) is 6.54 Å². The molecule has 2 N–H and O–H groups in total. The van der Waals surface area contributed by atoms with Crippen LogP contribution in [0.3, 0.4) is 0 Å². The normalized spacial score (nSPS) is 12.3. The second kappa shape index (κ2) is 12.6. The van der Waals surface area contributed by atoms with E-state index in [0.717, 1.165) is 36.1 Å². The van der Waals surface area contributed by atoms with E-state index >= 15 is 0 Å². The van der Waals surface area contributed by atoms with Gasteiger partial charge in [-0.15, -0.1) is 24.0 Å². The predicted molar refractivity (Wildman–Crippen MR) is 128 cm³/mol. The van der Waals surface area contributed by atoms with Crippen LogP contribution in [0.5, 0.6) is 5.75 Å². The third-order valence-corrected chi connectivity index (χ3v) is 4.17. The van der Waals surface area contributed by atoms with Crippen LogP contribution in [0, 0.1) is 12.8 Å². The summed E-state index contributed by atoms with van der Waals surface area (Å²) >= 11 is 0. The van der Waals surface area contributed by atoms with Gasteiger partial charge < -0.3 is 15.4 Å². The number of hydrogen-bond acceptors (Lipinski definition) is 3. The van der Waals surface area contributed by atoms with E-state index in [-0.39, 0.29) is 30.0 Å². The molecule has 0 aliphatic rings. The Morgan fingerprint density at radius 3 is 2.46 bits per heavy atom. The zero-order chi connectivity index (χ0) is 19.6. The van der Waals surface area contributed by atoms with E-state index in [1.165, 1.54) is 5.56 Å². The van der Waals surface area contributed by atoms with Gasteiger partial charge in [0.1, 0.15) is 5.75 Å². The fourth-order valence-electron chi connectivity index (χ4n) is 2.56. The smallest absolute Gasteiger partial charge is 0.192 e. The molecule has 6 heteroatoms. The highest BCUT2D eigenvalue weighted by molar-refractivity contribution is 14.0. The zero-order valence-corrected chi connectivity index (χ0v) is 19.9. The lowest BCUT2D eigenvalue weighted by atomic mass is 10.1. The number of nitrogens with zero attached hydrogens (tertiary/aromatic N) is 2. The van der Waals surface area contributed by atoms with E-state index < -0.39 is 0 Å². The minimum Gasteiger partial charge on any atom is -0.493 e. The molecule has 2 rings (SSSR count). The van der Waals surface area contributed by atoms with Crippen molar-refractivity contribution in [3.63, 3.8) is 0 Å². The Kier molecular flexibility index (Phi) is 10.9. The number of aromatic nitrogens is 1. The average Bonchev–Trinajstić information content (AvgIpc) is 2.66. The summed E-state index contributed by atoms with van der Waals surface area (Å²) in [6.07, 6.45) is 1.81. The van der Waals surface area contributed by atoms with Gasteiger partial charge in [-0.25, -0.2) is 4.99 Å². The van der Waals surface area contributed by atoms with Gasteiger partial charge in [0.2, 0.25) is 0 Å². The van der Waals surface area contributed by atoms with Gasteiger partial charge in [0.25, 0.3) is 0 Å². The first-order valence-corrected chi connectivity index (χ1v) is 9.67. The van der Waals surface area contributed by atoms with Crippen LogP contribution in [0.25, 0.3) is 0 Å². The SMILES string of the molecule is CCNC(=NCc1ncccc1C)NC(C)c1ccc(OCC(C)C)cc1.I. The van der Waals surface area contributed by atoms with Crippen molar-refractivity contribution in [2.24, 2.45) is 10.9 Å². The number of guanidine groups is 1. The first kappa shape index (κ1) is 24.2. The summed E-state index contributed by atoms with van der Waals surface area (Å²) in [5, 5.41) is 6.77. The molecule has 0 amide bonds. The summed E-state index contributed by atoms with van der Waals surface area (Å²) in [5.74, 6) is 2.22. The van der Waals surface area contributed by atoms with Gasteiger partial charge in [0.15, 0.2) is 5.96 Å². The molecular formula is C22H33IN4O. The summed E-state index contributed by atoms with van der Waals surface area (Å²) in [5.41, 5.74) is 3.34. The molecule has 1 heterocycles. The Balaban J connectivity index is 0.00000392. The standard InChI is InChI=1S/C22H32N4O.HI/c1-6-23-22(25-14-21-17(4)8-7-13-24-21)26-18(5)19-9-11-20(12-10-19)27-15-16(2)3;/h7-13,16,18H,6,14-15H2,1-5H3,(H2,23,25,26);1H. The van der Waals surface area contributed by atoms with Crippen LogP contribution in [0.1, 0.15) is 50.6 Å². The highest BCUT2D eigenvalue weighted by Crippen LogP contribution is 2.18. The maximum Gasteiger partial charge on any atom is 0.192 e. The molecule has 1 unspecified atom stereocenters. The molecule has 0 aliphatic carbocycles. The second-order valence-corrected chi connectivity index (χ2v) is 7.10. The van der Waals surface area contributed by atoms with E-state index in [0.29, 0.717) is 12.5 Å². The summed E-state index contributed by atoms with van der Waals surface area (Å²) in [4.78, 5) is 9.09. The maximum absolute atomic E-state index is 5.76. The van der Waals surface area contributed by atoms with Gasteiger partial charge in [-0.05, 0) is 56.0 Å². The Morgan fingerprint density at radius 1 is 1.14 bits per heavy atom. The van der Waals surface area contributed by atoms with Crippen LogP contribution in [0.2, 0.25) is 0 Å². The number of aliphatic imine (C=N–C) groups is 1. The molecular weight excluding hydrogens is 463 g/mol. The molecule has 0 radical (unpaired) electrons. The minimum atomic E-state index is 0.